The Bertz CT molecular complexity index is 1270. The molecule has 142 valence electrons. The maximum absolute atomic E-state index is 11.3. The van der Waals surface area contributed by atoms with E-state index in [4.69, 9.17) is 4.42 Å². The number of thiazole rings is 1. The fourth-order valence-corrected chi connectivity index (χ4v) is 4.95. The largest absolute Gasteiger partial charge is 0.456 e. The number of allylic oxidation sites excluding steroid dienone is 1. The molecule has 9 heteroatoms. The third-order valence-electron chi connectivity index (χ3n) is 3.90. The highest BCUT2D eigenvalue weighted by molar-refractivity contribution is 9.10. The van der Waals surface area contributed by atoms with Gasteiger partial charge in [-0.25, -0.2) is 4.98 Å². The van der Waals surface area contributed by atoms with E-state index in [0.29, 0.717) is 26.5 Å². The summed E-state index contributed by atoms with van der Waals surface area (Å²) in [7, 11) is 0. The Hall–Kier alpha value is -2.93. The van der Waals surface area contributed by atoms with Gasteiger partial charge >= 0.3 is 0 Å². The van der Waals surface area contributed by atoms with Gasteiger partial charge in [-0.05, 0) is 48.2 Å². The number of benzene rings is 2. The first-order valence-electron chi connectivity index (χ1n) is 8.23. The molecular formula is C20H10BrN3O3S2. The number of nitro benzene ring substituents is 1. The van der Waals surface area contributed by atoms with Gasteiger partial charge in [-0.15, -0.1) is 11.3 Å². The molecule has 2 aromatic carbocycles. The summed E-state index contributed by atoms with van der Waals surface area (Å²) in [6.07, 6.45) is 1.60. The van der Waals surface area contributed by atoms with Gasteiger partial charge < -0.3 is 4.42 Å². The van der Waals surface area contributed by atoms with E-state index in [1.54, 1.807) is 30.3 Å². The monoisotopic (exact) mass is 483 g/mol. The Kier molecular flexibility index (Phi) is 5.49. The number of fused-ring (bicyclic) bond motifs is 1. The number of hydrogen-bond donors (Lipinski definition) is 0. The van der Waals surface area contributed by atoms with Crippen LogP contribution in [-0.4, -0.2) is 9.91 Å². The molecule has 0 N–H and O–H groups in total. The third kappa shape index (κ3) is 4.24. The third-order valence-corrected chi connectivity index (χ3v) is 6.42. The zero-order chi connectivity index (χ0) is 20.4. The van der Waals surface area contributed by atoms with Gasteiger partial charge in [-0.2, -0.15) is 5.26 Å². The Morgan fingerprint density at radius 1 is 1.28 bits per heavy atom. The van der Waals surface area contributed by atoms with Crippen LogP contribution in [0.2, 0.25) is 0 Å². The smallest absolute Gasteiger partial charge is 0.281 e. The summed E-state index contributed by atoms with van der Waals surface area (Å²) in [5.41, 5.74) is 1.20. The number of nitriles is 1. The number of halogens is 1. The van der Waals surface area contributed by atoms with Crippen LogP contribution < -0.4 is 0 Å². The molecule has 2 heterocycles. The van der Waals surface area contributed by atoms with Crippen LogP contribution in [-0.2, 0) is 0 Å². The molecule has 4 aromatic rings. The molecule has 0 radical (unpaired) electrons. The van der Waals surface area contributed by atoms with Crippen molar-refractivity contribution in [2.45, 2.75) is 4.34 Å². The van der Waals surface area contributed by atoms with Crippen molar-refractivity contribution in [1.82, 2.24) is 4.98 Å². The Morgan fingerprint density at radius 3 is 2.86 bits per heavy atom. The van der Waals surface area contributed by atoms with E-state index in [2.05, 4.69) is 27.0 Å². The first-order valence-corrected chi connectivity index (χ1v) is 10.7. The predicted molar refractivity (Wildman–Crippen MR) is 118 cm³/mol. The maximum Gasteiger partial charge on any atom is 0.281 e. The Morgan fingerprint density at radius 2 is 2.10 bits per heavy atom. The van der Waals surface area contributed by atoms with E-state index in [-0.39, 0.29) is 5.69 Å². The van der Waals surface area contributed by atoms with Crippen LogP contribution in [0.25, 0.3) is 27.6 Å². The van der Waals surface area contributed by atoms with Crippen LogP contribution >= 0.6 is 39.0 Å². The van der Waals surface area contributed by atoms with Gasteiger partial charge in [-0.1, -0.05) is 28.1 Å². The lowest BCUT2D eigenvalue weighted by atomic mass is 10.1. The van der Waals surface area contributed by atoms with Crippen LogP contribution in [0.4, 0.5) is 5.69 Å². The van der Waals surface area contributed by atoms with E-state index < -0.39 is 4.92 Å². The first-order chi connectivity index (χ1) is 14.0. The molecule has 0 saturated carbocycles. The fourth-order valence-electron chi connectivity index (χ4n) is 2.64. The van der Waals surface area contributed by atoms with Crippen molar-refractivity contribution in [3.05, 3.63) is 79.8 Å². The van der Waals surface area contributed by atoms with Crippen LogP contribution in [0.15, 0.2) is 72.7 Å². The molecule has 6 nitrogen and oxygen atoms in total. The highest BCUT2D eigenvalue weighted by Crippen LogP contribution is 2.36. The second-order valence-electron chi connectivity index (χ2n) is 5.79. The summed E-state index contributed by atoms with van der Waals surface area (Å²) in [5, 5.41) is 20.8. The quantitative estimate of drug-likeness (QED) is 0.133. The van der Waals surface area contributed by atoms with Crippen molar-refractivity contribution >= 4 is 61.0 Å². The van der Waals surface area contributed by atoms with E-state index in [1.165, 1.54) is 29.2 Å². The zero-order valence-electron chi connectivity index (χ0n) is 14.5. The minimum Gasteiger partial charge on any atom is -0.456 e. The Balaban J connectivity index is 1.62. The molecule has 0 unspecified atom stereocenters. The number of aromatic nitrogens is 1. The molecule has 29 heavy (non-hydrogen) atoms. The number of nitro groups is 1. The molecule has 0 spiro atoms. The lowest BCUT2D eigenvalue weighted by molar-refractivity contribution is -0.384. The second kappa shape index (κ2) is 8.21. The van der Waals surface area contributed by atoms with Gasteiger partial charge in [0, 0.05) is 16.6 Å². The molecule has 0 amide bonds. The van der Waals surface area contributed by atoms with Crippen molar-refractivity contribution in [2.24, 2.45) is 0 Å². The number of hydrogen-bond acceptors (Lipinski definition) is 7. The van der Waals surface area contributed by atoms with Gasteiger partial charge in [0.25, 0.3) is 5.69 Å². The van der Waals surface area contributed by atoms with Gasteiger partial charge in [0.05, 0.1) is 25.6 Å². The SMILES string of the molecule is N#CC(=Cc1ccc(-c2ccc(Br)cc2[N+](=O)[O-])o1)Sc1nc2ccccc2s1. The van der Waals surface area contributed by atoms with Gasteiger partial charge in [-0.3, -0.25) is 10.1 Å². The van der Waals surface area contributed by atoms with E-state index >= 15 is 0 Å². The molecule has 0 bridgehead atoms. The van der Waals surface area contributed by atoms with Crippen LogP contribution in [0.3, 0.4) is 0 Å². The molecule has 0 aliphatic carbocycles. The van der Waals surface area contributed by atoms with Gasteiger partial charge in [0.2, 0.25) is 0 Å². The summed E-state index contributed by atoms with van der Waals surface area (Å²) < 4.78 is 8.17. The lowest BCUT2D eigenvalue weighted by Crippen LogP contribution is -1.91. The average Bonchev–Trinajstić information content (AvgIpc) is 3.33. The van der Waals surface area contributed by atoms with E-state index in [0.717, 1.165) is 14.6 Å². The van der Waals surface area contributed by atoms with Crippen LogP contribution in [0, 0.1) is 21.4 Å². The van der Waals surface area contributed by atoms with Crippen molar-refractivity contribution in [3.8, 4) is 17.4 Å². The molecule has 0 saturated heterocycles. The summed E-state index contributed by atoms with van der Waals surface area (Å²) in [4.78, 5) is 15.8. The minimum absolute atomic E-state index is 0.0615. The maximum atomic E-state index is 11.3. The van der Waals surface area contributed by atoms with E-state index in [1.807, 2.05) is 24.3 Å². The summed E-state index contributed by atoms with van der Waals surface area (Å²) in [6.45, 7) is 0. The molecule has 0 aliphatic heterocycles. The molecule has 4 rings (SSSR count). The molecular weight excluding hydrogens is 474 g/mol. The minimum atomic E-state index is -0.457. The Labute approximate surface area is 181 Å². The number of rotatable bonds is 5. The van der Waals surface area contributed by atoms with Crippen LogP contribution in [0.1, 0.15) is 5.76 Å². The normalized spacial score (nSPS) is 11.5. The molecule has 0 atom stereocenters. The first kappa shape index (κ1) is 19.4. The van der Waals surface area contributed by atoms with Crippen molar-refractivity contribution in [3.63, 3.8) is 0 Å². The second-order valence-corrected chi connectivity index (χ2v) is 9.03. The van der Waals surface area contributed by atoms with Crippen LogP contribution in [0.5, 0.6) is 0 Å². The number of para-hydroxylation sites is 1. The fraction of sp³-hybridized carbons (Fsp3) is 0. The standard InChI is InChI=1S/C20H10BrN3O3S2/c21-12-5-7-15(17(9-12)24(25)26)18-8-6-13(27-18)10-14(11-22)28-20-23-16-3-1-2-4-19(16)29-20/h1-10H. The average molecular weight is 484 g/mol. The summed E-state index contributed by atoms with van der Waals surface area (Å²) >= 11 is 6.01. The highest BCUT2D eigenvalue weighted by atomic mass is 79.9. The predicted octanol–water partition coefficient (Wildman–Crippen LogP) is 6.88. The number of thioether (sulfide) groups is 1. The number of nitrogens with zero attached hydrogens (tertiary/aromatic N) is 3. The molecule has 0 aliphatic rings. The van der Waals surface area contributed by atoms with Crippen molar-refractivity contribution in [2.75, 3.05) is 0 Å². The summed E-state index contributed by atoms with van der Waals surface area (Å²) in [6, 6.07) is 18.0. The summed E-state index contributed by atoms with van der Waals surface area (Å²) in [5.74, 6) is 0.792. The topological polar surface area (TPSA) is 93.0 Å². The van der Waals surface area contributed by atoms with E-state index in [9.17, 15) is 15.4 Å². The zero-order valence-corrected chi connectivity index (χ0v) is 17.8. The molecule has 0 fully saturated rings. The highest BCUT2D eigenvalue weighted by Gasteiger charge is 2.18. The van der Waals surface area contributed by atoms with Gasteiger partial charge in [0.15, 0.2) is 4.34 Å². The van der Waals surface area contributed by atoms with Crippen molar-refractivity contribution in [1.29, 1.82) is 5.26 Å². The van der Waals surface area contributed by atoms with Crippen molar-refractivity contribution < 1.29 is 9.34 Å². The van der Waals surface area contributed by atoms with Gasteiger partial charge in [0.1, 0.15) is 17.6 Å². The molecule has 2 aromatic heterocycles. The number of furan rings is 1. The lowest BCUT2D eigenvalue weighted by Gasteiger charge is -2.00.